The number of carbonyl (C=O) groups excluding carboxylic acids is 1. The standard InChI is InChI=1S/C17H15ClF2N2O3/c18-14-3-1-2-13(8-14)9-21-16(23)11-24-22-10-12-4-6-15(7-5-12)25-17(19)20/h1-8,10,17H,9,11H2,(H,21,23)/b22-10-. The van der Waals surface area contributed by atoms with E-state index in [1.807, 2.05) is 6.07 Å². The molecular weight excluding hydrogens is 354 g/mol. The van der Waals surface area contributed by atoms with E-state index >= 15 is 0 Å². The molecular formula is C17H15ClF2N2O3. The fourth-order valence-electron chi connectivity index (χ4n) is 1.83. The van der Waals surface area contributed by atoms with E-state index in [4.69, 9.17) is 16.4 Å². The summed E-state index contributed by atoms with van der Waals surface area (Å²) < 4.78 is 28.3. The molecule has 0 spiro atoms. The normalized spacial score (nSPS) is 10.9. The van der Waals surface area contributed by atoms with E-state index in [0.29, 0.717) is 17.1 Å². The molecule has 5 nitrogen and oxygen atoms in total. The maximum atomic E-state index is 12.0. The van der Waals surface area contributed by atoms with Gasteiger partial charge in [0.15, 0.2) is 6.61 Å². The molecule has 0 aliphatic rings. The number of nitrogens with zero attached hydrogens (tertiary/aromatic N) is 1. The Bertz CT molecular complexity index is 724. The number of amides is 1. The Morgan fingerprint density at radius 3 is 2.68 bits per heavy atom. The van der Waals surface area contributed by atoms with Gasteiger partial charge in [0.2, 0.25) is 0 Å². The first-order valence-electron chi connectivity index (χ1n) is 7.24. The van der Waals surface area contributed by atoms with Crippen molar-refractivity contribution < 1.29 is 23.1 Å². The summed E-state index contributed by atoms with van der Waals surface area (Å²) in [6.07, 6.45) is 1.36. The number of alkyl halides is 2. The number of halogens is 3. The summed E-state index contributed by atoms with van der Waals surface area (Å²) in [6, 6.07) is 13.0. The first kappa shape index (κ1) is 18.7. The van der Waals surface area contributed by atoms with E-state index in [1.165, 1.54) is 30.5 Å². The monoisotopic (exact) mass is 368 g/mol. The van der Waals surface area contributed by atoms with Gasteiger partial charge in [0, 0.05) is 11.6 Å². The molecule has 0 fully saturated rings. The highest BCUT2D eigenvalue weighted by atomic mass is 35.5. The van der Waals surface area contributed by atoms with Gasteiger partial charge >= 0.3 is 6.61 Å². The largest absolute Gasteiger partial charge is 0.435 e. The molecule has 0 radical (unpaired) electrons. The predicted molar refractivity (Wildman–Crippen MR) is 89.9 cm³/mol. The first-order chi connectivity index (χ1) is 12.0. The number of nitrogens with one attached hydrogen (secondary N) is 1. The summed E-state index contributed by atoms with van der Waals surface area (Å²) in [6.45, 7) is -2.78. The third-order valence-corrected chi connectivity index (χ3v) is 3.19. The lowest BCUT2D eigenvalue weighted by atomic mass is 10.2. The minimum absolute atomic E-state index is 0.0495. The average molecular weight is 369 g/mol. The van der Waals surface area contributed by atoms with Crippen LogP contribution < -0.4 is 10.1 Å². The van der Waals surface area contributed by atoms with Gasteiger partial charge in [-0.3, -0.25) is 4.79 Å². The van der Waals surface area contributed by atoms with Gasteiger partial charge in [-0.1, -0.05) is 28.9 Å². The zero-order valence-electron chi connectivity index (χ0n) is 13.0. The predicted octanol–water partition coefficient (Wildman–Crippen LogP) is 3.61. The van der Waals surface area contributed by atoms with E-state index in [2.05, 4.69) is 15.2 Å². The number of ether oxygens (including phenoxy) is 1. The van der Waals surface area contributed by atoms with Crippen LogP contribution in [-0.4, -0.2) is 25.3 Å². The van der Waals surface area contributed by atoms with Gasteiger partial charge < -0.3 is 14.9 Å². The van der Waals surface area contributed by atoms with Gasteiger partial charge in [-0.25, -0.2) is 0 Å². The molecule has 0 bridgehead atoms. The summed E-state index contributed by atoms with van der Waals surface area (Å²) in [7, 11) is 0. The highest BCUT2D eigenvalue weighted by Crippen LogP contribution is 2.14. The van der Waals surface area contributed by atoms with Crippen molar-refractivity contribution in [2.24, 2.45) is 5.16 Å². The van der Waals surface area contributed by atoms with Gasteiger partial charge in [0.05, 0.1) is 6.21 Å². The summed E-state index contributed by atoms with van der Waals surface area (Å²) in [5.74, 6) is -0.286. The quantitative estimate of drug-likeness (QED) is 0.572. The molecule has 0 heterocycles. The van der Waals surface area contributed by atoms with Crippen LogP contribution in [0.4, 0.5) is 8.78 Å². The first-order valence-corrected chi connectivity index (χ1v) is 7.62. The van der Waals surface area contributed by atoms with Crippen molar-refractivity contribution in [3.63, 3.8) is 0 Å². The molecule has 25 heavy (non-hydrogen) atoms. The fourth-order valence-corrected chi connectivity index (χ4v) is 2.04. The second kappa shape index (κ2) is 9.58. The van der Waals surface area contributed by atoms with Crippen molar-refractivity contribution in [1.29, 1.82) is 0 Å². The van der Waals surface area contributed by atoms with Crippen molar-refractivity contribution in [2.75, 3.05) is 6.61 Å². The van der Waals surface area contributed by atoms with E-state index in [9.17, 15) is 13.6 Å². The molecule has 0 aliphatic heterocycles. The van der Waals surface area contributed by atoms with E-state index in [1.54, 1.807) is 18.2 Å². The van der Waals surface area contributed by atoms with Crippen LogP contribution in [-0.2, 0) is 16.2 Å². The maximum Gasteiger partial charge on any atom is 0.387 e. The average Bonchev–Trinajstić information content (AvgIpc) is 2.58. The smallest absolute Gasteiger partial charge is 0.387 e. The Kier molecular flexibility index (Phi) is 7.16. The van der Waals surface area contributed by atoms with Gasteiger partial charge in [0.25, 0.3) is 5.91 Å². The summed E-state index contributed by atoms with van der Waals surface area (Å²) >= 11 is 5.85. The van der Waals surface area contributed by atoms with Crippen LogP contribution in [0.3, 0.4) is 0 Å². The number of benzene rings is 2. The molecule has 2 aromatic carbocycles. The Hall–Kier alpha value is -2.67. The van der Waals surface area contributed by atoms with Crippen LogP contribution in [0.2, 0.25) is 5.02 Å². The summed E-state index contributed by atoms with van der Waals surface area (Å²) in [5, 5.41) is 6.91. The number of rotatable bonds is 8. The third kappa shape index (κ3) is 7.17. The highest BCUT2D eigenvalue weighted by Gasteiger charge is 2.03. The van der Waals surface area contributed by atoms with Crippen LogP contribution in [0, 0.1) is 0 Å². The van der Waals surface area contributed by atoms with Crippen LogP contribution >= 0.6 is 11.6 Å². The lowest BCUT2D eigenvalue weighted by Gasteiger charge is -2.05. The van der Waals surface area contributed by atoms with E-state index in [-0.39, 0.29) is 18.3 Å². The van der Waals surface area contributed by atoms with Gasteiger partial charge in [-0.15, -0.1) is 0 Å². The Labute approximate surface area is 148 Å². The fraction of sp³-hybridized carbons (Fsp3) is 0.176. The van der Waals surface area contributed by atoms with Crippen molar-refractivity contribution in [2.45, 2.75) is 13.2 Å². The Morgan fingerprint density at radius 2 is 2.00 bits per heavy atom. The SMILES string of the molecule is O=C(CO/N=C\c1ccc(OC(F)F)cc1)NCc1cccc(Cl)c1. The van der Waals surface area contributed by atoms with Gasteiger partial charge in [-0.05, 0) is 47.5 Å². The molecule has 1 amide bonds. The topological polar surface area (TPSA) is 59.9 Å². The highest BCUT2D eigenvalue weighted by molar-refractivity contribution is 6.30. The Balaban J connectivity index is 1.70. The molecule has 132 valence electrons. The molecule has 2 aromatic rings. The summed E-state index contributed by atoms with van der Waals surface area (Å²) in [4.78, 5) is 16.5. The second-order valence-electron chi connectivity index (χ2n) is 4.86. The number of carbonyl (C=O) groups is 1. The van der Waals surface area contributed by atoms with Crippen LogP contribution in [0.25, 0.3) is 0 Å². The molecule has 0 aliphatic carbocycles. The number of hydrogen-bond acceptors (Lipinski definition) is 4. The van der Waals surface area contributed by atoms with Crippen LogP contribution in [0.5, 0.6) is 5.75 Å². The molecule has 0 saturated heterocycles. The third-order valence-electron chi connectivity index (χ3n) is 2.96. The van der Waals surface area contributed by atoms with Gasteiger partial charge in [-0.2, -0.15) is 8.78 Å². The van der Waals surface area contributed by atoms with Crippen LogP contribution in [0.1, 0.15) is 11.1 Å². The van der Waals surface area contributed by atoms with Crippen molar-refractivity contribution in [3.05, 3.63) is 64.7 Å². The molecule has 8 heteroatoms. The second-order valence-corrected chi connectivity index (χ2v) is 5.30. The zero-order chi connectivity index (χ0) is 18.1. The van der Waals surface area contributed by atoms with Gasteiger partial charge in [0.1, 0.15) is 5.75 Å². The van der Waals surface area contributed by atoms with Crippen LogP contribution in [0.15, 0.2) is 53.7 Å². The lowest BCUT2D eigenvalue weighted by Crippen LogP contribution is -2.26. The maximum absolute atomic E-state index is 12.0. The number of oxime groups is 1. The Morgan fingerprint density at radius 1 is 1.24 bits per heavy atom. The van der Waals surface area contributed by atoms with E-state index < -0.39 is 6.61 Å². The van der Waals surface area contributed by atoms with Crippen molar-refractivity contribution >= 4 is 23.7 Å². The minimum Gasteiger partial charge on any atom is -0.435 e. The lowest BCUT2D eigenvalue weighted by molar-refractivity contribution is -0.125. The van der Waals surface area contributed by atoms with Crippen molar-refractivity contribution in [3.8, 4) is 5.75 Å². The molecule has 2 rings (SSSR count). The van der Waals surface area contributed by atoms with E-state index in [0.717, 1.165) is 5.56 Å². The summed E-state index contributed by atoms with van der Waals surface area (Å²) in [5.41, 5.74) is 1.48. The molecule has 1 N–H and O–H groups in total. The molecule has 0 saturated carbocycles. The molecule has 0 aromatic heterocycles. The van der Waals surface area contributed by atoms with Crippen molar-refractivity contribution in [1.82, 2.24) is 5.32 Å². The minimum atomic E-state index is -2.87. The molecule has 0 atom stereocenters. The zero-order valence-corrected chi connectivity index (χ0v) is 13.7. The number of hydrogen-bond donors (Lipinski definition) is 1. The molecule has 0 unspecified atom stereocenters.